The highest BCUT2D eigenvalue weighted by Gasteiger charge is 2.30. The van der Waals surface area contributed by atoms with Gasteiger partial charge in [0, 0.05) is 16.5 Å². The molecule has 2 heterocycles. The number of fused-ring (bicyclic) bond motifs is 6. The third kappa shape index (κ3) is 1.93. The van der Waals surface area contributed by atoms with Gasteiger partial charge in [-0.15, -0.1) is 0 Å². The number of phenols is 1. The highest BCUT2D eigenvalue weighted by atomic mass is 16.7. The molecular weight excluding hydrogens is 318 g/mol. The molecule has 0 aromatic heterocycles. The molecule has 1 unspecified atom stereocenters. The lowest BCUT2D eigenvalue weighted by Gasteiger charge is -2.27. The third-order valence-electron chi connectivity index (χ3n) is 5.14. The number of aromatic hydroxyl groups is 1. The van der Waals surface area contributed by atoms with Gasteiger partial charge >= 0.3 is 0 Å². The first-order chi connectivity index (χ1) is 12.2. The smallest absolute Gasteiger partial charge is 0.231 e. The van der Waals surface area contributed by atoms with Crippen molar-refractivity contribution in [1.29, 1.82) is 0 Å². The predicted octanol–water partition coefficient (Wildman–Crippen LogP) is 2.61. The van der Waals surface area contributed by atoms with E-state index in [0.717, 1.165) is 39.0 Å². The van der Waals surface area contributed by atoms with Gasteiger partial charge in [0.2, 0.25) is 6.79 Å². The average Bonchev–Trinajstić information content (AvgIpc) is 3.07. The van der Waals surface area contributed by atoms with E-state index >= 15 is 0 Å². The number of benzene rings is 3. The van der Waals surface area contributed by atoms with Crippen molar-refractivity contribution >= 4 is 16.5 Å². The Hall–Kier alpha value is -2.92. The van der Waals surface area contributed by atoms with E-state index in [0.29, 0.717) is 12.3 Å². The van der Waals surface area contributed by atoms with E-state index in [1.54, 1.807) is 7.11 Å². The molecule has 5 nitrogen and oxygen atoms in total. The number of rotatable bonds is 1. The lowest BCUT2D eigenvalue weighted by Crippen LogP contribution is -3.03. The van der Waals surface area contributed by atoms with Gasteiger partial charge in [-0.25, -0.2) is 0 Å². The summed E-state index contributed by atoms with van der Waals surface area (Å²) in [5.41, 5.74) is 4.32. The molecule has 1 atom stereocenters. The second-order valence-corrected chi connectivity index (χ2v) is 6.51. The van der Waals surface area contributed by atoms with Gasteiger partial charge in [0.25, 0.3) is 0 Å². The van der Waals surface area contributed by atoms with Crippen LogP contribution in [0.15, 0.2) is 36.4 Å². The minimum atomic E-state index is 0.232. The van der Waals surface area contributed by atoms with E-state index < -0.39 is 0 Å². The fourth-order valence-corrected chi connectivity index (χ4v) is 3.96. The lowest BCUT2D eigenvalue weighted by atomic mass is 9.90. The standard InChI is InChI=1S/C20H17NO4/c1-21-9-15-12(5-6-16(23-2)20(15)22)13-4-3-11-7-17-18(25-10-24-17)8-14(11)19(13)21/h3-8,22H,9-10H2,1-2H3/p+1. The van der Waals surface area contributed by atoms with Crippen LogP contribution in [0.1, 0.15) is 5.56 Å². The van der Waals surface area contributed by atoms with E-state index in [4.69, 9.17) is 14.2 Å². The maximum Gasteiger partial charge on any atom is 0.231 e. The van der Waals surface area contributed by atoms with Crippen LogP contribution in [0.3, 0.4) is 0 Å². The molecule has 2 N–H and O–H groups in total. The van der Waals surface area contributed by atoms with E-state index in [9.17, 15) is 5.11 Å². The molecule has 3 aromatic rings. The molecule has 0 bridgehead atoms. The van der Waals surface area contributed by atoms with Crippen molar-refractivity contribution in [2.24, 2.45) is 0 Å². The summed E-state index contributed by atoms with van der Waals surface area (Å²) in [4.78, 5) is 1.22. The number of hydrogen-bond acceptors (Lipinski definition) is 4. The number of quaternary nitrogens is 1. The molecule has 2 aliphatic rings. The minimum Gasteiger partial charge on any atom is -0.504 e. The fourth-order valence-electron chi connectivity index (χ4n) is 3.96. The summed E-state index contributed by atoms with van der Waals surface area (Å²) in [6.07, 6.45) is 0. The fraction of sp³-hybridized carbons (Fsp3) is 0.200. The summed E-state index contributed by atoms with van der Waals surface area (Å²) in [6, 6.07) is 12.2. The molecule has 3 aromatic carbocycles. The molecule has 0 spiro atoms. The number of hydrogen-bond donors (Lipinski definition) is 2. The Morgan fingerprint density at radius 1 is 1.04 bits per heavy atom. The summed E-state index contributed by atoms with van der Waals surface area (Å²) < 4.78 is 16.3. The largest absolute Gasteiger partial charge is 0.504 e. The monoisotopic (exact) mass is 336 g/mol. The maximum absolute atomic E-state index is 10.5. The third-order valence-corrected chi connectivity index (χ3v) is 5.14. The van der Waals surface area contributed by atoms with Gasteiger partial charge in [0.05, 0.1) is 19.7 Å². The molecule has 126 valence electrons. The Labute approximate surface area is 145 Å². The Morgan fingerprint density at radius 2 is 1.80 bits per heavy atom. The Morgan fingerprint density at radius 3 is 2.60 bits per heavy atom. The minimum absolute atomic E-state index is 0.232. The number of phenolic OH excluding ortho intramolecular Hbond substituents is 1. The molecule has 5 heteroatoms. The zero-order chi connectivity index (χ0) is 17.1. The molecule has 0 aliphatic carbocycles. The van der Waals surface area contributed by atoms with Crippen LogP contribution in [0.4, 0.5) is 5.69 Å². The van der Waals surface area contributed by atoms with Crippen molar-refractivity contribution in [3.8, 4) is 34.1 Å². The summed E-state index contributed by atoms with van der Waals surface area (Å²) >= 11 is 0. The van der Waals surface area contributed by atoms with Crippen molar-refractivity contribution in [2.75, 3.05) is 21.0 Å². The Balaban J connectivity index is 1.81. The second-order valence-electron chi connectivity index (χ2n) is 6.51. The first-order valence-electron chi connectivity index (χ1n) is 8.25. The zero-order valence-corrected chi connectivity index (χ0v) is 14.1. The molecule has 0 saturated carbocycles. The number of methoxy groups -OCH3 is 1. The molecule has 0 amide bonds. The molecular formula is C20H18NO4+. The highest BCUT2D eigenvalue weighted by Crippen LogP contribution is 2.45. The summed E-state index contributed by atoms with van der Waals surface area (Å²) in [5.74, 6) is 2.33. The second kappa shape index (κ2) is 5.04. The maximum atomic E-state index is 10.5. The topological polar surface area (TPSA) is 52.4 Å². The van der Waals surface area contributed by atoms with Crippen LogP contribution >= 0.6 is 0 Å². The van der Waals surface area contributed by atoms with Crippen molar-refractivity contribution < 1.29 is 24.2 Å². The number of nitrogens with one attached hydrogen (secondary N) is 1. The van der Waals surface area contributed by atoms with Gasteiger partial charge < -0.3 is 19.3 Å². The lowest BCUT2D eigenvalue weighted by molar-refractivity contribution is -0.824. The first-order valence-corrected chi connectivity index (χ1v) is 8.25. The number of ether oxygens (including phenoxy) is 3. The van der Waals surface area contributed by atoms with Gasteiger partial charge in [-0.1, -0.05) is 6.07 Å². The molecule has 0 saturated heterocycles. The molecule has 2 aliphatic heterocycles. The van der Waals surface area contributed by atoms with Gasteiger partial charge in [-0.2, -0.15) is 0 Å². The Kier molecular flexibility index (Phi) is 2.91. The van der Waals surface area contributed by atoms with Gasteiger partial charge in [-0.3, -0.25) is 4.90 Å². The van der Waals surface area contributed by atoms with Gasteiger partial charge in [-0.05, 0) is 35.7 Å². The summed E-state index contributed by atoms with van der Waals surface area (Å²) in [5, 5.41) is 12.8. The quantitative estimate of drug-likeness (QED) is 0.717. The predicted molar refractivity (Wildman–Crippen MR) is 94.0 cm³/mol. The zero-order valence-electron chi connectivity index (χ0n) is 14.1. The summed E-state index contributed by atoms with van der Waals surface area (Å²) in [7, 11) is 3.69. The van der Waals surface area contributed by atoms with Crippen LogP contribution < -0.4 is 19.1 Å². The molecule has 0 fully saturated rings. The van der Waals surface area contributed by atoms with Gasteiger partial charge in [0.15, 0.2) is 23.0 Å². The van der Waals surface area contributed by atoms with E-state index in [1.807, 2.05) is 18.2 Å². The Bertz CT molecular complexity index is 1030. The van der Waals surface area contributed by atoms with E-state index in [2.05, 4.69) is 25.2 Å². The highest BCUT2D eigenvalue weighted by molar-refractivity contribution is 6.01. The molecule has 5 rings (SSSR count). The summed E-state index contributed by atoms with van der Waals surface area (Å²) in [6.45, 7) is 0.964. The van der Waals surface area contributed by atoms with Crippen molar-refractivity contribution in [1.82, 2.24) is 0 Å². The van der Waals surface area contributed by atoms with E-state index in [-0.39, 0.29) is 12.5 Å². The van der Waals surface area contributed by atoms with Crippen LogP contribution in [0.25, 0.3) is 21.9 Å². The van der Waals surface area contributed by atoms with Crippen LogP contribution in [-0.4, -0.2) is 26.1 Å². The van der Waals surface area contributed by atoms with Crippen molar-refractivity contribution in [3.05, 3.63) is 42.0 Å². The molecule has 0 radical (unpaired) electrons. The molecule has 25 heavy (non-hydrogen) atoms. The normalized spacial score (nSPS) is 17.3. The van der Waals surface area contributed by atoms with Crippen LogP contribution in [0, 0.1) is 0 Å². The van der Waals surface area contributed by atoms with Crippen LogP contribution in [-0.2, 0) is 6.54 Å². The first kappa shape index (κ1) is 14.4. The van der Waals surface area contributed by atoms with Crippen LogP contribution in [0.2, 0.25) is 0 Å². The van der Waals surface area contributed by atoms with Crippen LogP contribution in [0.5, 0.6) is 23.0 Å². The van der Waals surface area contributed by atoms with Crippen molar-refractivity contribution in [3.63, 3.8) is 0 Å². The average molecular weight is 336 g/mol. The van der Waals surface area contributed by atoms with E-state index in [1.165, 1.54) is 10.6 Å². The SMILES string of the molecule is COc1ccc2c(c1O)C[NH+](C)c1c-2ccc2cc3c(cc12)OCO3. The van der Waals surface area contributed by atoms with Gasteiger partial charge in [0.1, 0.15) is 12.2 Å². The van der Waals surface area contributed by atoms with Crippen molar-refractivity contribution in [2.45, 2.75) is 6.54 Å².